The Bertz CT molecular complexity index is 472. The highest BCUT2D eigenvalue weighted by Gasteiger charge is 2.23. The van der Waals surface area contributed by atoms with Crippen LogP contribution in [0.25, 0.3) is 0 Å². The lowest BCUT2D eigenvalue weighted by Crippen LogP contribution is -2.30. The van der Waals surface area contributed by atoms with Crippen LogP contribution in [0, 0.1) is 29.2 Å². The summed E-state index contributed by atoms with van der Waals surface area (Å²) in [4.78, 5) is 11.6. The Kier molecular flexibility index (Phi) is 5.32. The molecule has 0 spiro atoms. The van der Waals surface area contributed by atoms with Gasteiger partial charge < -0.3 is 5.32 Å². The summed E-state index contributed by atoms with van der Waals surface area (Å²) in [7, 11) is 0. The van der Waals surface area contributed by atoms with Crippen LogP contribution in [0.4, 0.5) is 17.6 Å². The SMILES string of the molecule is CCC(CC)CNC(=O)c1cc(F)c(F)c(F)c1F. The van der Waals surface area contributed by atoms with Gasteiger partial charge in [-0.2, -0.15) is 0 Å². The molecular weight excluding hydrogens is 262 g/mol. The summed E-state index contributed by atoms with van der Waals surface area (Å²) in [5.41, 5.74) is -0.831. The summed E-state index contributed by atoms with van der Waals surface area (Å²) in [6.07, 6.45) is 1.62. The van der Waals surface area contributed by atoms with Crippen molar-refractivity contribution in [2.24, 2.45) is 5.92 Å². The summed E-state index contributed by atoms with van der Waals surface area (Å²) in [5, 5.41) is 2.38. The predicted molar refractivity (Wildman–Crippen MR) is 62.7 cm³/mol. The van der Waals surface area contributed by atoms with E-state index < -0.39 is 34.7 Å². The largest absolute Gasteiger partial charge is 0.352 e. The van der Waals surface area contributed by atoms with Crippen molar-refractivity contribution in [1.29, 1.82) is 0 Å². The Labute approximate surface area is 108 Å². The fourth-order valence-electron chi connectivity index (χ4n) is 1.65. The molecule has 0 aliphatic rings. The van der Waals surface area contributed by atoms with E-state index >= 15 is 0 Å². The summed E-state index contributed by atoms with van der Waals surface area (Å²) in [6.45, 7) is 4.13. The molecule has 1 aromatic carbocycles. The van der Waals surface area contributed by atoms with Crippen LogP contribution >= 0.6 is 0 Å². The van der Waals surface area contributed by atoms with Gasteiger partial charge in [0, 0.05) is 6.54 Å². The molecule has 1 aromatic rings. The lowest BCUT2D eigenvalue weighted by molar-refractivity contribution is 0.0940. The molecule has 1 N–H and O–H groups in total. The summed E-state index contributed by atoms with van der Waals surface area (Å²) < 4.78 is 52.0. The van der Waals surface area contributed by atoms with Gasteiger partial charge in [0.1, 0.15) is 0 Å². The molecule has 0 saturated heterocycles. The third-order valence-electron chi connectivity index (χ3n) is 3.05. The molecule has 0 unspecified atom stereocenters. The van der Waals surface area contributed by atoms with Crippen molar-refractivity contribution in [3.8, 4) is 0 Å². The number of halogens is 4. The Morgan fingerprint density at radius 3 is 2.21 bits per heavy atom. The third kappa shape index (κ3) is 3.45. The smallest absolute Gasteiger partial charge is 0.254 e. The van der Waals surface area contributed by atoms with Crippen LogP contribution in [-0.2, 0) is 0 Å². The molecule has 0 heterocycles. The number of hydrogen-bond acceptors (Lipinski definition) is 1. The van der Waals surface area contributed by atoms with Crippen molar-refractivity contribution in [2.45, 2.75) is 26.7 Å². The predicted octanol–water partition coefficient (Wildman–Crippen LogP) is 3.41. The second kappa shape index (κ2) is 6.54. The van der Waals surface area contributed by atoms with E-state index in [-0.39, 0.29) is 12.5 Å². The van der Waals surface area contributed by atoms with Crippen molar-refractivity contribution in [3.63, 3.8) is 0 Å². The Morgan fingerprint density at radius 1 is 1.11 bits per heavy atom. The zero-order chi connectivity index (χ0) is 14.6. The molecule has 0 aliphatic heterocycles. The number of nitrogens with one attached hydrogen (secondary N) is 1. The average molecular weight is 277 g/mol. The summed E-state index contributed by atoms with van der Waals surface area (Å²) in [6, 6.07) is 0.357. The maximum Gasteiger partial charge on any atom is 0.254 e. The molecule has 0 aromatic heterocycles. The van der Waals surface area contributed by atoms with Gasteiger partial charge in [0.25, 0.3) is 5.91 Å². The standard InChI is InChI=1S/C13H15F4NO/c1-3-7(4-2)6-18-13(19)8-5-9(14)11(16)12(17)10(8)15/h5,7H,3-4,6H2,1-2H3,(H,18,19). The maximum atomic E-state index is 13.3. The van der Waals surface area contributed by atoms with Gasteiger partial charge in [-0.05, 0) is 12.0 Å². The molecule has 0 fully saturated rings. The number of amides is 1. The van der Waals surface area contributed by atoms with Gasteiger partial charge in [-0.1, -0.05) is 26.7 Å². The number of rotatable bonds is 5. The highest BCUT2D eigenvalue weighted by atomic mass is 19.2. The van der Waals surface area contributed by atoms with E-state index in [4.69, 9.17) is 0 Å². The van der Waals surface area contributed by atoms with Crippen LogP contribution in [0.5, 0.6) is 0 Å². The van der Waals surface area contributed by atoms with Gasteiger partial charge in [-0.15, -0.1) is 0 Å². The van der Waals surface area contributed by atoms with Crippen LogP contribution in [0.15, 0.2) is 6.07 Å². The minimum atomic E-state index is -1.98. The number of hydrogen-bond donors (Lipinski definition) is 1. The fourth-order valence-corrected chi connectivity index (χ4v) is 1.65. The van der Waals surface area contributed by atoms with E-state index in [0.29, 0.717) is 6.07 Å². The fraction of sp³-hybridized carbons (Fsp3) is 0.462. The first kappa shape index (κ1) is 15.5. The molecule has 0 atom stereocenters. The number of carbonyl (C=O) groups excluding carboxylic acids is 1. The first-order valence-corrected chi connectivity index (χ1v) is 6.03. The summed E-state index contributed by atoms with van der Waals surface area (Å²) >= 11 is 0. The molecule has 1 rings (SSSR count). The van der Waals surface area contributed by atoms with Crippen LogP contribution < -0.4 is 5.32 Å². The molecule has 0 bridgehead atoms. The topological polar surface area (TPSA) is 29.1 Å². The zero-order valence-electron chi connectivity index (χ0n) is 10.7. The van der Waals surface area contributed by atoms with Gasteiger partial charge in [-0.3, -0.25) is 4.79 Å². The molecule has 2 nitrogen and oxygen atoms in total. The van der Waals surface area contributed by atoms with Gasteiger partial charge in [0.15, 0.2) is 23.3 Å². The molecule has 6 heteroatoms. The lowest BCUT2D eigenvalue weighted by atomic mass is 10.0. The van der Waals surface area contributed by atoms with Crippen LogP contribution in [0.1, 0.15) is 37.0 Å². The van der Waals surface area contributed by atoms with Crippen LogP contribution in [-0.4, -0.2) is 12.5 Å². The second-order valence-electron chi connectivity index (χ2n) is 4.24. The van der Waals surface area contributed by atoms with Crippen molar-refractivity contribution in [2.75, 3.05) is 6.54 Å². The lowest BCUT2D eigenvalue weighted by Gasteiger charge is -2.13. The second-order valence-corrected chi connectivity index (χ2v) is 4.24. The molecule has 0 aliphatic carbocycles. The van der Waals surface area contributed by atoms with Crippen molar-refractivity contribution < 1.29 is 22.4 Å². The molecule has 0 radical (unpaired) electrons. The molecule has 1 amide bonds. The van der Waals surface area contributed by atoms with E-state index in [1.165, 1.54) is 0 Å². The van der Waals surface area contributed by atoms with Crippen molar-refractivity contribution >= 4 is 5.91 Å². The third-order valence-corrected chi connectivity index (χ3v) is 3.05. The Hall–Kier alpha value is -1.59. The average Bonchev–Trinajstić information content (AvgIpc) is 2.41. The number of carbonyl (C=O) groups is 1. The van der Waals surface area contributed by atoms with Gasteiger partial charge in [0.2, 0.25) is 0 Å². The van der Waals surface area contributed by atoms with Crippen LogP contribution in [0.3, 0.4) is 0 Å². The molecular formula is C13H15F4NO. The van der Waals surface area contributed by atoms with E-state index in [2.05, 4.69) is 5.32 Å². The van der Waals surface area contributed by atoms with Crippen LogP contribution in [0.2, 0.25) is 0 Å². The first-order chi connectivity index (χ1) is 8.92. The summed E-state index contributed by atoms with van der Waals surface area (Å²) in [5.74, 6) is -7.93. The van der Waals surface area contributed by atoms with Gasteiger partial charge >= 0.3 is 0 Å². The Morgan fingerprint density at radius 2 is 1.68 bits per heavy atom. The van der Waals surface area contributed by atoms with Crippen molar-refractivity contribution in [3.05, 3.63) is 34.9 Å². The Balaban J connectivity index is 2.89. The van der Waals surface area contributed by atoms with E-state index in [0.717, 1.165) is 12.8 Å². The molecule has 0 saturated carbocycles. The normalized spacial score (nSPS) is 10.9. The van der Waals surface area contributed by atoms with E-state index in [1.54, 1.807) is 0 Å². The van der Waals surface area contributed by atoms with E-state index in [1.807, 2.05) is 13.8 Å². The first-order valence-electron chi connectivity index (χ1n) is 6.03. The number of benzene rings is 1. The monoisotopic (exact) mass is 277 g/mol. The minimum Gasteiger partial charge on any atom is -0.352 e. The zero-order valence-corrected chi connectivity index (χ0v) is 10.7. The quantitative estimate of drug-likeness (QED) is 0.499. The van der Waals surface area contributed by atoms with E-state index in [9.17, 15) is 22.4 Å². The maximum absolute atomic E-state index is 13.3. The molecule has 106 valence electrons. The highest BCUT2D eigenvalue weighted by Crippen LogP contribution is 2.18. The van der Waals surface area contributed by atoms with Gasteiger partial charge in [0.05, 0.1) is 5.56 Å². The van der Waals surface area contributed by atoms with Crippen molar-refractivity contribution in [1.82, 2.24) is 5.32 Å². The minimum absolute atomic E-state index is 0.196. The highest BCUT2D eigenvalue weighted by molar-refractivity contribution is 5.94. The molecule has 19 heavy (non-hydrogen) atoms. The van der Waals surface area contributed by atoms with Gasteiger partial charge in [-0.25, -0.2) is 17.6 Å².